The van der Waals surface area contributed by atoms with Gasteiger partial charge in [-0.05, 0) is 59.7 Å². The molecule has 0 unspecified atom stereocenters. The van der Waals surface area contributed by atoms with Gasteiger partial charge in [0.2, 0.25) is 5.91 Å². The average molecular weight is 563 g/mol. The third kappa shape index (κ3) is 5.37. The predicted octanol–water partition coefficient (Wildman–Crippen LogP) is 5.64. The number of hydrogen-bond acceptors (Lipinski definition) is 6. The van der Waals surface area contributed by atoms with Gasteiger partial charge >= 0.3 is 0 Å². The normalized spacial score (nSPS) is 19.2. The third-order valence-electron chi connectivity index (χ3n) is 5.94. The van der Waals surface area contributed by atoms with Gasteiger partial charge in [-0.1, -0.05) is 58.0 Å². The van der Waals surface area contributed by atoms with Gasteiger partial charge in [-0.25, -0.2) is 5.01 Å². The van der Waals surface area contributed by atoms with Crippen LogP contribution in [0, 0.1) is 0 Å². The van der Waals surface area contributed by atoms with E-state index < -0.39 is 5.25 Å². The number of halogens is 1. The SMILES string of the molecule is COc1ccc(C2=NN(C3=NC(=O)[C@H](CC(=O)Nc4ccccc4)S3)[C@H](c3ccc(Br)cc3)C2)cc1. The lowest BCUT2D eigenvalue weighted by atomic mass is 9.98. The highest BCUT2D eigenvalue weighted by molar-refractivity contribution is 9.10. The first-order valence-corrected chi connectivity index (χ1v) is 13.1. The van der Waals surface area contributed by atoms with Crippen molar-refractivity contribution < 1.29 is 14.3 Å². The molecule has 2 heterocycles. The van der Waals surface area contributed by atoms with Crippen LogP contribution in [-0.4, -0.2) is 40.1 Å². The van der Waals surface area contributed by atoms with Crippen molar-refractivity contribution in [2.24, 2.45) is 10.1 Å². The van der Waals surface area contributed by atoms with Crippen LogP contribution < -0.4 is 10.1 Å². The molecule has 3 aromatic carbocycles. The molecular weight excluding hydrogens is 540 g/mol. The maximum absolute atomic E-state index is 12.8. The number of hydrazone groups is 1. The fraction of sp³-hybridized carbons (Fsp3) is 0.185. The molecule has 0 bridgehead atoms. The molecule has 5 rings (SSSR count). The van der Waals surface area contributed by atoms with Gasteiger partial charge in [0.15, 0.2) is 5.17 Å². The third-order valence-corrected chi connectivity index (χ3v) is 7.61. The molecule has 0 saturated carbocycles. The number of hydrogen-bond donors (Lipinski definition) is 1. The molecule has 0 aliphatic carbocycles. The summed E-state index contributed by atoms with van der Waals surface area (Å²) < 4.78 is 6.27. The number of thioether (sulfide) groups is 1. The average Bonchev–Trinajstić information content (AvgIpc) is 3.49. The molecule has 0 fully saturated rings. The van der Waals surface area contributed by atoms with Crippen LogP contribution in [0.4, 0.5) is 5.69 Å². The molecule has 2 aliphatic heterocycles. The number of benzene rings is 3. The summed E-state index contributed by atoms with van der Waals surface area (Å²) in [5.74, 6) is 0.231. The summed E-state index contributed by atoms with van der Waals surface area (Å²) >= 11 is 4.78. The highest BCUT2D eigenvalue weighted by Crippen LogP contribution is 2.39. The second-order valence-electron chi connectivity index (χ2n) is 8.35. The number of amides is 2. The van der Waals surface area contributed by atoms with Crippen molar-refractivity contribution in [2.45, 2.75) is 24.1 Å². The lowest BCUT2D eigenvalue weighted by molar-refractivity contribution is -0.121. The van der Waals surface area contributed by atoms with Crippen molar-refractivity contribution >= 4 is 56.1 Å². The number of amidine groups is 1. The molecule has 3 aromatic rings. The Bertz CT molecular complexity index is 1330. The van der Waals surface area contributed by atoms with Crippen molar-refractivity contribution in [3.05, 3.63) is 94.5 Å². The van der Waals surface area contributed by atoms with E-state index in [9.17, 15) is 9.59 Å². The summed E-state index contributed by atoms with van der Waals surface area (Å²) in [5, 5.41) is 9.46. The minimum atomic E-state index is -0.588. The van der Waals surface area contributed by atoms with Gasteiger partial charge < -0.3 is 10.1 Å². The fourth-order valence-electron chi connectivity index (χ4n) is 4.10. The Morgan fingerprint density at radius 2 is 1.81 bits per heavy atom. The van der Waals surface area contributed by atoms with E-state index in [2.05, 4.69) is 26.2 Å². The van der Waals surface area contributed by atoms with Gasteiger partial charge in [0.25, 0.3) is 5.91 Å². The molecule has 0 aromatic heterocycles. The van der Waals surface area contributed by atoms with E-state index in [1.807, 2.05) is 83.9 Å². The predicted molar refractivity (Wildman–Crippen MR) is 146 cm³/mol. The maximum atomic E-state index is 12.8. The summed E-state index contributed by atoms with van der Waals surface area (Å²) in [4.78, 5) is 29.6. The van der Waals surface area contributed by atoms with Crippen LogP contribution in [-0.2, 0) is 9.59 Å². The number of nitrogens with zero attached hydrogens (tertiary/aromatic N) is 3. The number of anilines is 1. The van der Waals surface area contributed by atoms with Gasteiger partial charge in [0, 0.05) is 23.0 Å². The summed E-state index contributed by atoms with van der Waals surface area (Å²) in [6.45, 7) is 0. The minimum absolute atomic E-state index is 0.0389. The number of carbonyl (C=O) groups is 2. The summed E-state index contributed by atoms with van der Waals surface area (Å²) in [7, 11) is 1.64. The van der Waals surface area contributed by atoms with Gasteiger partial charge in [0.05, 0.1) is 18.9 Å². The quantitative estimate of drug-likeness (QED) is 0.420. The number of nitrogens with one attached hydrogen (secondary N) is 1. The van der Waals surface area contributed by atoms with E-state index in [4.69, 9.17) is 9.84 Å². The number of para-hydroxylation sites is 1. The van der Waals surface area contributed by atoms with Crippen molar-refractivity contribution in [3.63, 3.8) is 0 Å². The summed E-state index contributed by atoms with van der Waals surface area (Å²) in [5.41, 5.74) is 3.63. The molecule has 2 amide bonds. The van der Waals surface area contributed by atoms with Gasteiger partial charge in [-0.15, -0.1) is 0 Å². The van der Waals surface area contributed by atoms with E-state index in [0.717, 1.165) is 27.1 Å². The van der Waals surface area contributed by atoms with E-state index in [-0.39, 0.29) is 24.3 Å². The standard InChI is InChI=1S/C27H23BrN4O3S/c1-35-21-13-9-17(10-14-21)22-15-23(18-7-11-19(28)12-8-18)32(31-22)27-30-26(34)24(36-27)16-25(33)29-20-5-3-2-4-6-20/h2-14,23-24H,15-16H2,1H3,(H,29,33)/t23-,24-/m0/s1. The Morgan fingerprint density at radius 1 is 1.08 bits per heavy atom. The van der Waals surface area contributed by atoms with E-state index in [0.29, 0.717) is 17.3 Å². The van der Waals surface area contributed by atoms with Crippen LogP contribution in [0.1, 0.15) is 30.0 Å². The maximum Gasteiger partial charge on any atom is 0.262 e. The second kappa shape index (κ2) is 10.7. The molecule has 0 saturated heterocycles. The molecule has 0 radical (unpaired) electrons. The number of ether oxygens (including phenoxy) is 1. The first-order valence-electron chi connectivity index (χ1n) is 11.4. The molecule has 1 N–H and O–H groups in total. The van der Waals surface area contributed by atoms with Crippen molar-refractivity contribution in [3.8, 4) is 5.75 Å². The lowest BCUT2D eigenvalue weighted by Crippen LogP contribution is -2.25. The Morgan fingerprint density at radius 3 is 2.50 bits per heavy atom. The van der Waals surface area contributed by atoms with Crippen LogP contribution in [0.5, 0.6) is 5.75 Å². The topological polar surface area (TPSA) is 83.4 Å². The largest absolute Gasteiger partial charge is 0.497 e. The molecule has 0 spiro atoms. The summed E-state index contributed by atoms with van der Waals surface area (Å²) in [6, 6.07) is 24.9. The zero-order valence-corrected chi connectivity index (χ0v) is 21.8. The fourth-order valence-corrected chi connectivity index (χ4v) is 5.42. The molecule has 9 heteroatoms. The molecule has 2 atom stereocenters. The molecule has 182 valence electrons. The molecular formula is C27H23BrN4O3S. The monoisotopic (exact) mass is 562 g/mol. The first kappa shape index (κ1) is 24.3. The van der Waals surface area contributed by atoms with Crippen molar-refractivity contribution in [1.82, 2.24) is 5.01 Å². The zero-order chi connectivity index (χ0) is 25.1. The van der Waals surface area contributed by atoms with E-state index >= 15 is 0 Å². The molecule has 7 nitrogen and oxygen atoms in total. The van der Waals surface area contributed by atoms with Gasteiger partial charge in [0.1, 0.15) is 11.0 Å². The van der Waals surface area contributed by atoms with E-state index in [1.165, 1.54) is 11.8 Å². The van der Waals surface area contributed by atoms with Crippen LogP contribution >= 0.6 is 27.7 Å². The number of methoxy groups -OCH3 is 1. The first-order chi connectivity index (χ1) is 17.5. The van der Waals surface area contributed by atoms with Crippen molar-refractivity contribution in [2.75, 3.05) is 12.4 Å². The van der Waals surface area contributed by atoms with Crippen LogP contribution in [0.2, 0.25) is 0 Å². The zero-order valence-electron chi connectivity index (χ0n) is 19.4. The lowest BCUT2D eigenvalue weighted by Gasteiger charge is -2.23. The van der Waals surface area contributed by atoms with Crippen molar-refractivity contribution in [1.29, 1.82) is 0 Å². The van der Waals surface area contributed by atoms with Gasteiger partial charge in [-0.2, -0.15) is 10.1 Å². The second-order valence-corrected chi connectivity index (χ2v) is 10.4. The Balaban J connectivity index is 1.36. The number of carbonyl (C=O) groups excluding carboxylic acids is 2. The highest BCUT2D eigenvalue weighted by Gasteiger charge is 2.39. The van der Waals surface area contributed by atoms with Crippen LogP contribution in [0.25, 0.3) is 0 Å². The van der Waals surface area contributed by atoms with E-state index in [1.54, 1.807) is 7.11 Å². The minimum Gasteiger partial charge on any atom is -0.497 e. The Labute approximate surface area is 221 Å². The van der Waals surface area contributed by atoms with Crippen LogP contribution in [0.3, 0.4) is 0 Å². The molecule has 36 heavy (non-hydrogen) atoms. The van der Waals surface area contributed by atoms with Crippen LogP contribution in [0.15, 0.2) is 93.4 Å². The highest BCUT2D eigenvalue weighted by atomic mass is 79.9. The Kier molecular flexibility index (Phi) is 7.20. The molecule has 2 aliphatic rings. The Hall–Kier alpha value is -3.43. The number of rotatable bonds is 6. The van der Waals surface area contributed by atoms with Gasteiger partial charge in [-0.3, -0.25) is 9.59 Å². The summed E-state index contributed by atoms with van der Waals surface area (Å²) in [6.07, 6.45) is 0.693. The smallest absolute Gasteiger partial charge is 0.262 e. The number of aliphatic imine (C=N–C) groups is 1.